The number of imidazole rings is 1. The van der Waals surface area contributed by atoms with Crippen molar-refractivity contribution in [2.45, 2.75) is 33.1 Å². The molecule has 6 nitrogen and oxygen atoms in total. The molecule has 0 saturated heterocycles. The van der Waals surface area contributed by atoms with E-state index in [-0.39, 0.29) is 5.41 Å². The molecule has 0 amide bonds. The average molecular weight is 896 g/mol. The van der Waals surface area contributed by atoms with E-state index >= 15 is 0 Å². The number of pyridine rings is 1. The van der Waals surface area contributed by atoms with E-state index in [0.29, 0.717) is 26.5 Å². The number of hydrogen-bond donors (Lipinski definition) is 0. The fourth-order valence-electron chi connectivity index (χ4n) is 8.39. The number of hydrogen-bond acceptors (Lipinski definition) is 2. The van der Waals surface area contributed by atoms with E-state index in [9.17, 15) is 0 Å². The molecule has 0 radical (unpaired) electrons. The van der Waals surface area contributed by atoms with Gasteiger partial charge in [0.2, 0.25) is 0 Å². The molecule has 0 saturated carbocycles. The van der Waals surface area contributed by atoms with Gasteiger partial charge in [0.25, 0.3) is 0 Å². The number of aromatic nitrogens is 5. The van der Waals surface area contributed by atoms with E-state index < -0.39 is 6.98 Å². The van der Waals surface area contributed by atoms with Gasteiger partial charge in [-0.25, -0.2) is 0 Å². The molecule has 11 rings (SSSR count). The summed E-state index contributed by atoms with van der Waals surface area (Å²) < 4.78 is 40.3. The van der Waals surface area contributed by atoms with Crippen molar-refractivity contribution in [2.75, 3.05) is 0 Å². The topological polar surface area (TPSA) is 41.3 Å². The van der Waals surface area contributed by atoms with Crippen LogP contribution in [0.15, 0.2) is 121 Å². The van der Waals surface area contributed by atoms with Crippen LogP contribution < -0.4 is 4.74 Å². The van der Waals surface area contributed by atoms with Gasteiger partial charge in [-0.15, -0.1) is 0 Å². The molecule has 5 aromatic heterocycles. The quantitative estimate of drug-likeness (QED) is 0.165. The van der Waals surface area contributed by atoms with Crippen LogP contribution in [0.1, 0.15) is 36.0 Å². The molecule has 6 aromatic carbocycles. The Kier molecular flexibility index (Phi) is 6.16. The first kappa shape index (κ1) is 29.4. The second-order valence-corrected chi connectivity index (χ2v) is 16.4. The molecule has 0 fully saturated rings. The minimum atomic E-state index is -2.37. The van der Waals surface area contributed by atoms with Gasteiger partial charge in [0.15, 0.2) is 0 Å². The number of fused-ring (bicyclic) bond motifs is 10. The molecule has 7 heteroatoms. The molecule has 0 N–H and O–H groups in total. The van der Waals surface area contributed by atoms with Gasteiger partial charge >= 0.3 is 224 Å². The van der Waals surface area contributed by atoms with E-state index in [1.54, 1.807) is 0 Å². The number of aryl methyl sites for hydroxylation is 2. The summed E-state index contributed by atoms with van der Waals surface area (Å²) >= 11 is 2.10. The fourth-order valence-corrected chi connectivity index (χ4v) is 9.21. The summed E-state index contributed by atoms with van der Waals surface area (Å²) in [6.45, 7) is 6.17. The summed E-state index contributed by atoms with van der Waals surface area (Å²) in [5, 5.41) is 7.06. The van der Waals surface area contributed by atoms with Crippen LogP contribution in [0.5, 0.6) is 11.5 Å². The second-order valence-electron chi connectivity index (χ2n) is 15.4. The third kappa shape index (κ3) is 4.71. The predicted octanol–water partition coefficient (Wildman–Crippen LogP) is 11.7. The van der Waals surface area contributed by atoms with Crippen molar-refractivity contribution in [1.82, 2.24) is 23.1 Å². The Labute approximate surface area is 332 Å². The zero-order valence-corrected chi connectivity index (χ0v) is 32.8. The molecule has 0 aliphatic rings. The predicted molar refractivity (Wildman–Crippen MR) is 220 cm³/mol. The van der Waals surface area contributed by atoms with Crippen LogP contribution >= 0.6 is 0 Å². The summed E-state index contributed by atoms with van der Waals surface area (Å²) in [5.41, 5.74) is 9.39. The van der Waals surface area contributed by atoms with Crippen molar-refractivity contribution in [3.8, 4) is 23.0 Å². The number of rotatable bonds is 4. The fraction of sp³-hybridized carbons (Fsp3) is 0.125. The van der Waals surface area contributed by atoms with Crippen LogP contribution in [-0.4, -0.2) is 23.1 Å². The summed E-state index contributed by atoms with van der Waals surface area (Å²) in [4.78, 5) is 4.89. The minimum absolute atomic E-state index is 0.247. The first-order chi connectivity index (χ1) is 27.8. The maximum absolute atomic E-state index is 8.35. The Morgan fingerprint density at radius 3 is 2.20 bits per heavy atom. The molecule has 0 spiro atoms. The van der Waals surface area contributed by atoms with Crippen LogP contribution in [-0.2, 0) is 31.7 Å². The number of ether oxygens (including phenoxy) is 1. The maximum atomic E-state index is 8.35. The number of benzene rings is 6. The zero-order valence-electron chi connectivity index (χ0n) is 33.5. The van der Waals surface area contributed by atoms with Crippen molar-refractivity contribution in [3.63, 3.8) is 0 Å². The Hall–Kier alpha value is -5.97. The van der Waals surface area contributed by atoms with Crippen LogP contribution in [0.2, 0.25) is 0 Å². The van der Waals surface area contributed by atoms with Crippen LogP contribution in [0.4, 0.5) is 0 Å². The second kappa shape index (κ2) is 11.5. The summed E-state index contributed by atoms with van der Waals surface area (Å²) in [6.07, 6.45) is 1.85. The number of para-hydroxylation sites is 4. The van der Waals surface area contributed by atoms with E-state index in [4.69, 9.17) is 13.8 Å². The van der Waals surface area contributed by atoms with Gasteiger partial charge in [-0.05, 0) is 24.6 Å². The average Bonchev–Trinajstić information content (AvgIpc) is 3.89. The first-order valence-corrected chi connectivity index (χ1v) is 19.4. The van der Waals surface area contributed by atoms with E-state index in [0.717, 1.165) is 49.8 Å². The van der Waals surface area contributed by atoms with Gasteiger partial charge in [0, 0.05) is 27.7 Å². The molecule has 0 bridgehead atoms. The zero-order chi connectivity index (χ0) is 39.8. The van der Waals surface area contributed by atoms with Crippen molar-refractivity contribution in [2.24, 2.45) is 6.98 Å². The van der Waals surface area contributed by atoms with Gasteiger partial charge in [0.05, 0.1) is 16.6 Å². The Bertz CT molecular complexity index is 3560. The van der Waals surface area contributed by atoms with Crippen LogP contribution in [0, 0.1) is 22.9 Å². The molecule has 11 aromatic rings. The Morgan fingerprint density at radius 2 is 1.40 bits per heavy atom. The van der Waals surface area contributed by atoms with Gasteiger partial charge in [0.1, 0.15) is 0 Å². The van der Waals surface area contributed by atoms with Crippen LogP contribution in [0.25, 0.3) is 82.4 Å². The third-order valence-electron chi connectivity index (χ3n) is 11.0. The molecule has 0 atom stereocenters. The first-order valence-electron chi connectivity index (χ1n) is 19.8. The molecule has 270 valence electrons. The molecule has 5 heterocycles. The Balaban J connectivity index is 1.13. The monoisotopic (exact) mass is 895 g/mol. The van der Waals surface area contributed by atoms with E-state index in [2.05, 4.69) is 141 Å². The van der Waals surface area contributed by atoms with Crippen molar-refractivity contribution >= 4 is 70.9 Å². The SMILES string of the molecule is [2H]C([2H])([2H])n1[c](=[Pt])n(-c2[c-]c(Oc3[c-]c4c(cc3)c3cc5c6cccc7c8ccccc8n(c5cc3n4-c3cc(C)ccn3)c76)cc(C(C)(C)C)c2)c2ccccc21. The third-order valence-corrected chi connectivity index (χ3v) is 12.0. The molecular weight excluding hydrogens is 858 g/mol. The van der Waals surface area contributed by atoms with Gasteiger partial charge in [-0.2, -0.15) is 0 Å². The number of nitrogens with zero attached hydrogens (tertiary/aromatic N) is 5. The molecule has 0 aliphatic carbocycles. The standard InChI is InChI=1S/C48H35N5O.Pt/c1-29-19-20-49-46(21-29)52-43-25-32(54-33-23-30(48(2,3)4)22-31(24-33)51-28-50(5)41-15-8-9-16-42(41)51)17-18-35(43)38-26-39-37-13-10-12-36-34-11-6-7-14-40(34)53(47(36)37)45(39)27-44(38)52;/h6-23,26-27H,1-5H3;/q-2;/i5D3;. The summed E-state index contributed by atoms with van der Waals surface area (Å²) in [6, 6.07) is 46.9. The Morgan fingerprint density at radius 1 is 0.655 bits per heavy atom. The van der Waals surface area contributed by atoms with Gasteiger partial charge < -0.3 is 4.40 Å². The van der Waals surface area contributed by atoms with E-state index in [1.165, 1.54) is 37.1 Å². The normalized spacial score (nSPS) is 13.6. The molecular formula is C48H35N5OPt-2. The van der Waals surface area contributed by atoms with Crippen molar-refractivity contribution in [1.29, 1.82) is 0 Å². The van der Waals surface area contributed by atoms with Crippen LogP contribution in [0.3, 0.4) is 0 Å². The van der Waals surface area contributed by atoms with Gasteiger partial charge in [-0.1, -0.05) is 36.4 Å². The summed E-state index contributed by atoms with van der Waals surface area (Å²) in [7, 11) is 0. The van der Waals surface area contributed by atoms with Crippen molar-refractivity contribution in [3.05, 3.63) is 149 Å². The van der Waals surface area contributed by atoms with E-state index in [1.807, 2.05) is 53.2 Å². The molecule has 0 aliphatic heterocycles. The molecule has 0 unspecified atom stereocenters. The molecule has 55 heavy (non-hydrogen) atoms. The summed E-state index contributed by atoms with van der Waals surface area (Å²) in [5.74, 6) is 1.83. The van der Waals surface area contributed by atoms with Crippen molar-refractivity contribution < 1.29 is 28.2 Å². The van der Waals surface area contributed by atoms with Gasteiger partial charge in [-0.3, -0.25) is 0 Å².